The molecule has 1 saturated carbocycles. The van der Waals surface area contributed by atoms with Crippen LogP contribution in [-0.2, 0) is 10.0 Å². The van der Waals surface area contributed by atoms with Gasteiger partial charge in [0, 0.05) is 44.0 Å². The number of likely N-dealkylation sites (tertiary alicyclic amines) is 1. The summed E-state index contributed by atoms with van der Waals surface area (Å²) >= 11 is 0. The molecular weight excluding hydrogens is 368 g/mol. The van der Waals surface area contributed by atoms with Crippen LogP contribution in [0.3, 0.4) is 0 Å². The van der Waals surface area contributed by atoms with Crippen LogP contribution < -0.4 is 0 Å². The van der Waals surface area contributed by atoms with Crippen LogP contribution in [0.1, 0.15) is 37.2 Å². The Morgan fingerprint density at radius 2 is 2.00 bits per heavy atom. The molecule has 2 aromatic rings. The third kappa shape index (κ3) is 3.19. The maximum Gasteiger partial charge on any atom is 0.407 e. The van der Waals surface area contributed by atoms with Crippen molar-refractivity contribution < 1.29 is 18.3 Å². The van der Waals surface area contributed by atoms with Crippen LogP contribution in [0.5, 0.6) is 0 Å². The molecule has 1 amide bonds. The van der Waals surface area contributed by atoms with Crippen molar-refractivity contribution in [1.82, 2.24) is 19.2 Å². The fraction of sp³-hybridized carbons (Fsp3) is 0.556. The van der Waals surface area contributed by atoms with Gasteiger partial charge in [0.2, 0.25) is 10.0 Å². The van der Waals surface area contributed by atoms with Gasteiger partial charge in [-0.1, -0.05) is 0 Å². The molecule has 9 heteroatoms. The molecule has 3 heterocycles. The van der Waals surface area contributed by atoms with E-state index in [1.165, 1.54) is 9.87 Å². The van der Waals surface area contributed by atoms with Crippen LogP contribution in [0, 0.1) is 0 Å². The molecule has 0 spiro atoms. The zero-order valence-electron chi connectivity index (χ0n) is 15.2. The molecule has 4 rings (SSSR count). The second kappa shape index (κ2) is 6.79. The number of hydrogen-bond acceptors (Lipinski definition) is 4. The maximum absolute atomic E-state index is 12.8. The van der Waals surface area contributed by atoms with Gasteiger partial charge in [0.15, 0.2) is 0 Å². The lowest BCUT2D eigenvalue weighted by molar-refractivity contribution is 0.118. The van der Waals surface area contributed by atoms with E-state index in [4.69, 9.17) is 5.11 Å². The normalized spacial score (nSPS) is 24.3. The monoisotopic (exact) mass is 392 g/mol. The van der Waals surface area contributed by atoms with Gasteiger partial charge in [0.1, 0.15) is 10.9 Å². The van der Waals surface area contributed by atoms with Gasteiger partial charge in [-0.15, -0.1) is 0 Å². The molecular formula is C18H24N4O4S. The fourth-order valence-electron chi connectivity index (χ4n) is 4.29. The highest BCUT2D eigenvalue weighted by Gasteiger charge is 2.44. The molecule has 2 aromatic heterocycles. The van der Waals surface area contributed by atoms with Crippen molar-refractivity contribution in [2.45, 2.75) is 42.9 Å². The molecule has 146 valence electrons. The number of H-pyrrole nitrogens is 1. The Morgan fingerprint density at radius 1 is 1.30 bits per heavy atom. The first-order chi connectivity index (χ1) is 12.9. The summed E-state index contributed by atoms with van der Waals surface area (Å²) in [6.45, 7) is 0.138. The van der Waals surface area contributed by atoms with E-state index in [1.807, 2.05) is 12.3 Å². The molecule has 27 heavy (non-hydrogen) atoms. The predicted molar refractivity (Wildman–Crippen MR) is 101 cm³/mol. The van der Waals surface area contributed by atoms with E-state index < -0.39 is 21.4 Å². The second-order valence-electron chi connectivity index (χ2n) is 7.52. The summed E-state index contributed by atoms with van der Waals surface area (Å²) < 4.78 is 27.0. The summed E-state index contributed by atoms with van der Waals surface area (Å²) in [5.74, 6) is 0.404. The van der Waals surface area contributed by atoms with Crippen molar-refractivity contribution in [1.29, 1.82) is 0 Å². The number of carboxylic acid groups (broad SMARTS) is 1. The topological polar surface area (TPSA) is 107 Å². The lowest BCUT2D eigenvalue weighted by Gasteiger charge is -2.41. The Labute approximate surface area is 158 Å². The summed E-state index contributed by atoms with van der Waals surface area (Å²) in [5, 5.41) is 9.44. The third-order valence-corrected chi connectivity index (χ3v) is 8.32. The molecule has 1 saturated heterocycles. The fourth-order valence-corrected chi connectivity index (χ4v) is 6.12. The average molecular weight is 392 g/mol. The Hall–Kier alpha value is -2.13. The predicted octanol–water partition coefficient (Wildman–Crippen LogP) is 2.21. The molecule has 0 aromatic carbocycles. The van der Waals surface area contributed by atoms with Crippen LogP contribution in [0.2, 0.25) is 0 Å². The van der Waals surface area contributed by atoms with Crippen molar-refractivity contribution in [2.75, 3.05) is 20.1 Å². The van der Waals surface area contributed by atoms with E-state index in [9.17, 15) is 13.2 Å². The van der Waals surface area contributed by atoms with Crippen molar-refractivity contribution in [3.05, 3.63) is 30.1 Å². The zero-order valence-corrected chi connectivity index (χ0v) is 16.0. The van der Waals surface area contributed by atoms with Crippen LogP contribution in [0.15, 0.2) is 24.5 Å². The minimum absolute atomic E-state index is 0.0199. The Balaban J connectivity index is 1.39. The number of aromatic nitrogens is 2. The first kappa shape index (κ1) is 18.2. The standard InChI is InChI=1S/C18H24N4O4S/c1-21(27(25,26)14-10-22(11-14)18(23)24)13-6-4-12(5-7-13)16-9-20-17-15(16)3-2-8-19-17/h2-3,8-9,12-14H,4-7,10-11H2,1H3,(H,19,20)(H,23,24). The highest BCUT2D eigenvalue weighted by atomic mass is 32.2. The van der Waals surface area contributed by atoms with E-state index in [-0.39, 0.29) is 19.1 Å². The number of amides is 1. The molecule has 0 bridgehead atoms. The van der Waals surface area contributed by atoms with E-state index in [1.54, 1.807) is 13.2 Å². The van der Waals surface area contributed by atoms with Crippen LogP contribution in [0.4, 0.5) is 4.79 Å². The van der Waals surface area contributed by atoms with Gasteiger partial charge in [0.05, 0.1) is 0 Å². The number of rotatable bonds is 4. The van der Waals surface area contributed by atoms with Gasteiger partial charge in [-0.2, -0.15) is 0 Å². The van der Waals surface area contributed by atoms with Crippen molar-refractivity contribution in [3.63, 3.8) is 0 Å². The molecule has 1 aliphatic heterocycles. The lowest BCUT2D eigenvalue weighted by atomic mass is 9.82. The van der Waals surface area contributed by atoms with Gasteiger partial charge in [-0.3, -0.25) is 0 Å². The lowest BCUT2D eigenvalue weighted by Crippen LogP contribution is -2.60. The number of carbonyl (C=O) groups is 1. The first-order valence-corrected chi connectivity index (χ1v) is 10.7. The smallest absolute Gasteiger partial charge is 0.407 e. The third-order valence-electron chi connectivity index (χ3n) is 6.08. The summed E-state index contributed by atoms with van der Waals surface area (Å²) in [6.07, 6.45) is 6.21. The van der Waals surface area contributed by atoms with Crippen molar-refractivity contribution >= 4 is 27.1 Å². The summed E-state index contributed by atoms with van der Waals surface area (Å²) in [7, 11) is -1.82. The van der Waals surface area contributed by atoms with Gasteiger partial charge < -0.3 is 15.0 Å². The Kier molecular flexibility index (Phi) is 4.59. The second-order valence-corrected chi connectivity index (χ2v) is 9.79. The Bertz CT molecular complexity index is 943. The largest absolute Gasteiger partial charge is 0.465 e. The van der Waals surface area contributed by atoms with E-state index in [0.717, 1.165) is 41.6 Å². The van der Waals surface area contributed by atoms with E-state index in [0.29, 0.717) is 5.92 Å². The number of fused-ring (bicyclic) bond motifs is 1. The highest BCUT2D eigenvalue weighted by Crippen LogP contribution is 2.38. The summed E-state index contributed by atoms with van der Waals surface area (Å²) in [6, 6.07) is 3.99. The first-order valence-electron chi connectivity index (χ1n) is 9.24. The molecule has 0 unspecified atom stereocenters. The molecule has 1 aliphatic carbocycles. The van der Waals surface area contributed by atoms with Crippen molar-refractivity contribution in [2.24, 2.45) is 0 Å². The number of sulfonamides is 1. The number of nitrogens with zero attached hydrogens (tertiary/aromatic N) is 3. The molecule has 0 radical (unpaired) electrons. The van der Waals surface area contributed by atoms with E-state index in [2.05, 4.69) is 16.0 Å². The number of pyridine rings is 1. The van der Waals surface area contributed by atoms with E-state index >= 15 is 0 Å². The van der Waals surface area contributed by atoms with Gasteiger partial charge in [0.25, 0.3) is 0 Å². The zero-order chi connectivity index (χ0) is 19.2. The van der Waals surface area contributed by atoms with Gasteiger partial charge in [-0.25, -0.2) is 22.5 Å². The average Bonchev–Trinajstić information content (AvgIpc) is 3.03. The molecule has 2 N–H and O–H groups in total. The van der Waals surface area contributed by atoms with Crippen molar-refractivity contribution in [3.8, 4) is 0 Å². The van der Waals surface area contributed by atoms with Gasteiger partial charge in [-0.05, 0) is 49.3 Å². The maximum atomic E-state index is 12.8. The minimum atomic E-state index is -3.46. The van der Waals surface area contributed by atoms with Crippen LogP contribution in [0.25, 0.3) is 11.0 Å². The summed E-state index contributed by atoms with van der Waals surface area (Å²) in [5.41, 5.74) is 2.15. The summed E-state index contributed by atoms with van der Waals surface area (Å²) in [4.78, 5) is 19.6. The van der Waals surface area contributed by atoms with Crippen LogP contribution >= 0.6 is 0 Å². The highest BCUT2D eigenvalue weighted by molar-refractivity contribution is 7.89. The number of nitrogens with one attached hydrogen (secondary N) is 1. The quantitative estimate of drug-likeness (QED) is 0.830. The number of aromatic amines is 1. The van der Waals surface area contributed by atoms with Crippen LogP contribution in [-0.4, -0.2) is 70.2 Å². The number of hydrogen-bond donors (Lipinski definition) is 2. The molecule has 8 nitrogen and oxygen atoms in total. The Morgan fingerprint density at radius 3 is 2.67 bits per heavy atom. The molecule has 2 aliphatic rings. The molecule has 2 fully saturated rings. The SMILES string of the molecule is CN(C1CCC(c2c[nH]c3ncccc23)CC1)S(=O)(=O)C1CN(C(=O)O)C1. The molecule has 0 atom stereocenters. The minimum Gasteiger partial charge on any atom is -0.465 e. The van der Waals surface area contributed by atoms with Gasteiger partial charge >= 0.3 is 6.09 Å².